The van der Waals surface area contributed by atoms with Gasteiger partial charge in [-0.25, -0.2) is 0 Å². The maximum Gasteiger partial charge on any atom is 0.0319 e. The van der Waals surface area contributed by atoms with Gasteiger partial charge in [0.05, 0.1) is 0 Å². The minimum Gasteiger partial charge on any atom is -0.400 e. The molecule has 0 radical (unpaired) electrons. The molecule has 0 bridgehead atoms. The lowest BCUT2D eigenvalue weighted by Gasteiger charge is -1.21. The largest absolute Gasteiger partial charge is 0.400 e. The van der Waals surface area contributed by atoms with Crippen LogP contribution in [-0.2, 0) is 0 Å². The summed E-state index contributed by atoms with van der Waals surface area (Å²) in [6, 6.07) is 0. The van der Waals surface area contributed by atoms with E-state index in [-0.39, 0.29) is 24.6 Å². The van der Waals surface area contributed by atoms with Gasteiger partial charge in [-0.1, -0.05) is 0 Å². The second kappa shape index (κ2) is 1730. The lowest BCUT2D eigenvalue weighted by Crippen LogP contribution is -1.25. The Morgan fingerprint density at radius 1 is 0.667 bits per heavy atom. The van der Waals surface area contributed by atoms with Crippen molar-refractivity contribution in [1.29, 1.82) is 0 Å². The van der Waals surface area contributed by atoms with Gasteiger partial charge in [-0.2, -0.15) is 0 Å². The van der Waals surface area contributed by atoms with Gasteiger partial charge in [0.1, 0.15) is 0 Å². The van der Waals surface area contributed by atoms with Crippen molar-refractivity contribution in [2.75, 3.05) is 7.11 Å². The third kappa shape index (κ3) is 745. The van der Waals surface area contributed by atoms with Crippen LogP contribution in [0.3, 0.4) is 0 Å². The Kier molecular flexibility index (Phi) is 60300. The molecule has 5 heteroatoms. The minimum atomic E-state index is 0. The first kappa shape index (κ1) is 209. The van der Waals surface area contributed by atoms with Crippen molar-refractivity contribution in [3.8, 4) is 0 Å². The van der Waals surface area contributed by atoms with Crippen molar-refractivity contribution < 1.29 is 5.11 Å². The SMILES string of the molecule is CO.N.N.N.N. The molecule has 0 spiro atoms. The zero-order valence-corrected chi connectivity index (χ0v) is 4.28. The molecule has 13 N–H and O–H groups in total. The van der Waals surface area contributed by atoms with Gasteiger partial charge >= 0.3 is 0 Å². The third-order valence-electron chi connectivity index (χ3n) is 0. The van der Waals surface area contributed by atoms with Gasteiger partial charge < -0.3 is 29.7 Å². The van der Waals surface area contributed by atoms with E-state index in [1.807, 2.05) is 0 Å². The van der Waals surface area contributed by atoms with Gasteiger partial charge in [-0.3, -0.25) is 0 Å². The highest BCUT2D eigenvalue weighted by Crippen LogP contribution is 0.755. The van der Waals surface area contributed by atoms with Crippen LogP contribution in [0.2, 0.25) is 0 Å². The molecule has 6 heavy (non-hydrogen) atoms. The van der Waals surface area contributed by atoms with Crippen LogP contribution in [0, 0.1) is 0 Å². The molecule has 0 amide bonds. The number of aliphatic hydroxyl groups is 1. The van der Waals surface area contributed by atoms with E-state index < -0.39 is 0 Å². The Balaban J connectivity index is -0.000000000833. The highest BCUT2D eigenvalue weighted by Gasteiger charge is 0.839. The van der Waals surface area contributed by atoms with Crippen LogP contribution in [0.25, 0.3) is 0 Å². The van der Waals surface area contributed by atoms with E-state index in [2.05, 4.69) is 0 Å². The molecule has 0 heterocycles. The molecular formula is CH16N4O. The summed E-state index contributed by atoms with van der Waals surface area (Å²) in [4.78, 5) is 0. The molecule has 0 aliphatic carbocycles. The maximum absolute atomic E-state index is 7.00. The quantitative estimate of drug-likeness (QED) is 0.294. The summed E-state index contributed by atoms with van der Waals surface area (Å²) in [5, 5.41) is 7.00. The molecule has 46 valence electrons. The molecule has 0 atom stereocenters. The highest BCUT2D eigenvalue weighted by atomic mass is 16.2. The van der Waals surface area contributed by atoms with Gasteiger partial charge in [-0.05, 0) is 0 Å². The lowest BCUT2D eigenvalue weighted by molar-refractivity contribution is 0.399. The first-order valence-corrected chi connectivity index (χ1v) is 0.447. The predicted octanol–water partition coefficient (Wildman–Crippen LogP) is 0.256. The molecule has 0 unspecified atom stereocenters. The van der Waals surface area contributed by atoms with Gasteiger partial charge in [0.2, 0.25) is 0 Å². The molecule has 0 saturated heterocycles. The summed E-state index contributed by atoms with van der Waals surface area (Å²) in [5.74, 6) is 0. The van der Waals surface area contributed by atoms with Crippen LogP contribution in [0.1, 0.15) is 0 Å². The first-order chi connectivity index (χ1) is 1.00. The zero-order valence-electron chi connectivity index (χ0n) is 4.28. The summed E-state index contributed by atoms with van der Waals surface area (Å²) >= 11 is 0. The summed E-state index contributed by atoms with van der Waals surface area (Å²) in [7, 11) is 1.00. The fourth-order valence-corrected chi connectivity index (χ4v) is 0. The molecule has 0 aliphatic heterocycles. The molecule has 0 aromatic rings. The molecule has 0 saturated carbocycles. The van der Waals surface area contributed by atoms with Crippen molar-refractivity contribution in [3.05, 3.63) is 0 Å². The molecule has 0 rings (SSSR count). The standard InChI is InChI=1S/CH4O.4H3N/c1-2;;;;/h2H,1H3;4*1H3. The van der Waals surface area contributed by atoms with Crippen LogP contribution in [0.5, 0.6) is 0 Å². The molecule has 0 fully saturated rings. The maximum atomic E-state index is 7.00. The Labute approximate surface area is 38.1 Å². The number of hydrogen-bond acceptors (Lipinski definition) is 5. The summed E-state index contributed by atoms with van der Waals surface area (Å²) in [6.45, 7) is 0. The molecule has 0 aromatic heterocycles. The van der Waals surface area contributed by atoms with Crippen molar-refractivity contribution in [1.82, 2.24) is 24.6 Å². The van der Waals surface area contributed by atoms with Gasteiger partial charge in [0, 0.05) is 7.11 Å². The Hall–Kier alpha value is -0.200. The summed E-state index contributed by atoms with van der Waals surface area (Å²) in [5.41, 5.74) is 0. The topological polar surface area (TPSA) is 160 Å². The van der Waals surface area contributed by atoms with Crippen LogP contribution in [-0.4, -0.2) is 12.2 Å². The predicted molar refractivity (Wildman–Crippen MR) is 28.2 cm³/mol. The van der Waals surface area contributed by atoms with E-state index in [0.717, 1.165) is 7.11 Å². The van der Waals surface area contributed by atoms with Crippen molar-refractivity contribution >= 4 is 0 Å². The Morgan fingerprint density at radius 2 is 0.667 bits per heavy atom. The smallest absolute Gasteiger partial charge is 0.0319 e. The Morgan fingerprint density at radius 3 is 0.667 bits per heavy atom. The second-order valence-corrected chi connectivity index (χ2v) is 0. The molecule has 5 nitrogen and oxygen atoms in total. The lowest BCUT2D eigenvalue weighted by atomic mass is 11.8. The number of rotatable bonds is 0. The first-order valence-electron chi connectivity index (χ1n) is 0.447. The van der Waals surface area contributed by atoms with Crippen LogP contribution in [0.4, 0.5) is 0 Å². The number of aliphatic hydroxyl groups excluding tert-OH is 1. The average molecular weight is 100 g/mol. The van der Waals surface area contributed by atoms with E-state index in [1.165, 1.54) is 0 Å². The van der Waals surface area contributed by atoms with Gasteiger partial charge in [0.15, 0.2) is 0 Å². The van der Waals surface area contributed by atoms with Gasteiger partial charge in [-0.15, -0.1) is 0 Å². The Bertz CT molecular complexity index is 7.51. The van der Waals surface area contributed by atoms with Crippen molar-refractivity contribution in [3.63, 3.8) is 0 Å². The molecule has 0 aliphatic rings. The minimum absolute atomic E-state index is 0. The van der Waals surface area contributed by atoms with Crippen LogP contribution in [0.15, 0.2) is 0 Å². The van der Waals surface area contributed by atoms with Gasteiger partial charge in [0.25, 0.3) is 0 Å². The van der Waals surface area contributed by atoms with E-state index in [4.69, 9.17) is 5.11 Å². The molecular weight excluding hydrogens is 84.0 g/mol. The monoisotopic (exact) mass is 100 g/mol. The normalized spacial score (nSPS) is 1.00. The third-order valence-corrected chi connectivity index (χ3v) is 0. The zero-order chi connectivity index (χ0) is 2.00. The van der Waals surface area contributed by atoms with Crippen LogP contribution >= 0.6 is 0 Å². The van der Waals surface area contributed by atoms with E-state index >= 15 is 0 Å². The van der Waals surface area contributed by atoms with E-state index in [0.29, 0.717) is 0 Å². The highest BCUT2D eigenvalue weighted by molar-refractivity contribution is 3.18. The number of hydrogen-bond donors (Lipinski definition) is 5. The summed E-state index contributed by atoms with van der Waals surface area (Å²) in [6.07, 6.45) is 0. The second-order valence-electron chi connectivity index (χ2n) is 0. The van der Waals surface area contributed by atoms with E-state index in [9.17, 15) is 0 Å². The van der Waals surface area contributed by atoms with Crippen LogP contribution < -0.4 is 24.6 Å². The van der Waals surface area contributed by atoms with E-state index in [1.54, 1.807) is 0 Å². The molecule has 0 aromatic carbocycles. The van der Waals surface area contributed by atoms with Crippen molar-refractivity contribution in [2.45, 2.75) is 0 Å². The summed E-state index contributed by atoms with van der Waals surface area (Å²) < 4.78 is 0. The fraction of sp³-hybridized carbons (Fsp3) is 1.00. The fourth-order valence-electron chi connectivity index (χ4n) is 0. The average Bonchev–Trinajstić information content (AvgIpc) is 1.00. The van der Waals surface area contributed by atoms with Crippen molar-refractivity contribution in [2.24, 2.45) is 0 Å².